The van der Waals surface area contributed by atoms with Crippen molar-refractivity contribution >= 4 is 23.5 Å². The van der Waals surface area contributed by atoms with Crippen LogP contribution in [0.2, 0.25) is 0 Å². The van der Waals surface area contributed by atoms with Crippen molar-refractivity contribution in [3.05, 3.63) is 47.4 Å². The normalized spacial score (nSPS) is 16.9. The molecule has 3 amide bonds. The van der Waals surface area contributed by atoms with E-state index in [1.54, 1.807) is 0 Å². The fourth-order valence-electron chi connectivity index (χ4n) is 1.78. The molecule has 1 aromatic carbocycles. The molecule has 1 N–H and O–H groups in total. The molecule has 6 nitrogen and oxygen atoms in total. The molecule has 0 spiro atoms. The van der Waals surface area contributed by atoms with Crippen LogP contribution in [0.15, 0.2) is 36.0 Å². The van der Waals surface area contributed by atoms with E-state index in [9.17, 15) is 23.6 Å². The smallest absolute Gasteiger partial charge is 0.277 e. The van der Waals surface area contributed by atoms with Crippen LogP contribution in [0.4, 0.5) is 4.39 Å². The number of hydrogen-bond acceptors (Lipinski definition) is 4. The minimum Gasteiger partial charge on any atom is -0.320 e. The van der Waals surface area contributed by atoms with Crippen molar-refractivity contribution in [3.8, 4) is 0 Å². The molecule has 0 aromatic heterocycles. The Morgan fingerprint density at radius 1 is 1.24 bits per heavy atom. The number of carbonyl (C=O) groups excluding carboxylic acids is 4. The average molecular weight is 290 g/mol. The molecule has 0 atom stereocenters. The number of rotatable bonds is 2. The Labute approximate surface area is 119 Å². The highest BCUT2D eigenvalue weighted by atomic mass is 19.1. The molecule has 1 aromatic rings. The number of nitrogens with zero attached hydrogens (tertiary/aromatic N) is 1. The summed E-state index contributed by atoms with van der Waals surface area (Å²) in [5.41, 5.74) is -0.123. The fourth-order valence-corrected chi connectivity index (χ4v) is 1.78. The van der Waals surface area contributed by atoms with Gasteiger partial charge >= 0.3 is 0 Å². The predicted molar refractivity (Wildman–Crippen MR) is 69.4 cm³/mol. The summed E-state index contributed by atoms with van der Waals surface area (Å²) in [6.07, 6.45) is 0.919. The summed E-state index contributed by atoms with van der Waals surface area (Å²) in [5, 5.41) is 2.25. The topological polar surface area (TPSA) is 83.6 Å². The Hall–Kier alpha value is -2.83. The van der Waals surface area contributed by atoms with Gasteiger partial charge in [0.2, 0.25) is 11.8 Å². The largest absolute Gasteiger partial charge is 0.320 e. The van der Waals surface area contributed by atoms with E-state index < -0.39 is 29.3 Å². The fraction of sp³-hybridized carbons (Fsp3) is 0.143. The molecule has 1 fully saturated rings. The van der Waals surface area contributed by atoms with Gasteiger partial charge in [-0.15, -0.1) is 0 Å². The van der Waals surface area contributed by atoms with Crippen LogP contribution in [-0.4, -0.2) is 34.9 Å². The van der Waals surface area contributed by atoms with Crippen LogP contribution in [0.3, 0.4) is 0 Å². The molecular formula is C14H11FN2O4. The van der Waals surface area contributed by atoms with E-state index >= 15 is 0 Å². The lowest BCUT2D eigenvalue weighted by Gasteiger charge is -2.25. The van der Waals surface area contributed by atoms with Gasteiger partial charge in [0.15, 0.2) is 5.78 Å². The lowest BCUT2D eigenvalue weighted by Crippen LogP contribution is -2.51. The van der Waals surface area contributed by atoms with E-state index in [4.69, 9.17) is 0 Å². The molecule has 0 unspecified atom stereocenters. The van der Waals surface area contributed by atoms with Gasteiger partial charge < -0.3 is 5.32 Å². The van der Waals surface area contributed by atoms with Gasteiger partial charge in [-0.3, -0.25) is 24.1 Å². The summed E-state index contributed by atoms with van der Waals surface area (Å²) in [7, 11) is 0. The third kappa shape index (κ3) is 3.19. The molecule has 7 heteroatoms. The summed E-state index contributed by atoms with van der Waals surface area (Å²) in [6.45, 7) is 0.770. The van der Waals surface area contributed by atoms with Crippen LogP contribution in [0.25, 0.3) is 0 Å². The molecule has 21 heavy (non-hydrogen) atoms. The van der Waals surface area contributed by atoms with Crippen molar-refractivity contribution < 1.29 is 23.6 Å². The second-order valence-electron chi connectivity index (χ2n) is 4.39. The van der Waals surface area contributed by atoms with E-state index in [1.165, 1.54) is 12.1 Å². The molecule has 0 aliphatic carbocycles. The lowest BCUT2D eigenvalue weighted by atomic mass is 10.1. The first kappa shape index (κ1) is 14.6. The van der Waals surface area contributed by atoms with Gasteiger partial charge in [-0.05, 0) is 24.3 Å². The quantitative estimate of drug-likeness (QED) is 0.631. The zero-order chi connectivity index (χ0) is 15.6. The highest BCUT2D eigenvalue weighted by molar-refractivity contribution is 6.15. The Morgan fingerprint density at radius 2 is 1.86 bits per heavy atom. The van der Waals surface area contributed by atoms with Gasteiger partial charge in [0.25, 0.3) is 5.91 Å². The van der Waals surface area contributed by atoms with Crippen molar-refractivity contribution in [2.45, 2.75) is 6.92 Å². The lowest BCUT2D eigenvalue weighted by molar-refractivity contribution is -0.147. The minimum atomic E-state index is -0.752. The maximum Gasteiger partial charge on any atom is 0.277 e. The van der Waals surface area contributed by atoms with Crippen LogP contribution in [0.5, 0.6) is 0 Å². The first-order chi connectivity index (χ1) is 9.88. The molecule has 108 valence electrons. The third-order valence-corrected chi connectivity index (χ3v) is 2.84. The van der Waals surface area contributed by atoms with E-state index in [0.717, 1.165) is 30.0 Å². The molecule has 1 heterocycles. The van der Waals surface area contributed by atoms with E-state index in [2.05, 4.69) is 5.32 Å². The number of halogens is 1. The number of piperazine rings is 1. The Kier molecular flexibility index (Phi) is 3.93. The third-order valence-electron chi connectivity index (χ3n) is 2.84. The summed E-state index contributed by atoms with van der Waals surface area (Å²) >= 11 is 0. The van der Waals surface area contributed by atoms with Crippen LogP contribution in [0, 0.1) is 5.82 Å². The van der Waals surface area contributed by atoms with Crippen LogP contribution in [-0.2, 0) is 14.4 Å². The highest BCUT2D eigenvalue weighted by Gasteiger charge is 2.31. The van der Waals surface area contributed by atoms with Crippen LogP contribution in [0.1, 0.15) is 17.3 Å². The molecule has 1 saturated heterocycles. The molecule has 1 aliphatic rings. The zero-order valence-electron chi connectivity index (χ0n) is 11.1. The average Bonchev–Trinajstić information content (AvgIpc) is 2.42. The summed E-state index contributed by atoms with van der Waals surface area (Å²) < 4.78 is 12.8. The van der Waals surface area contributed by atoms with Crippen molar-refractivity contribution in [2.75, 3.05) is 6.54 Å². The van der Waals surface area contributed by atoms with Gasteiger partial charge in [0.1, 0.15) is 18.1 Å². The first-order valence-electron chi connectivity index (χ1n) is 6.02. The maximum absolute atomic E-state index is 12.8. The van der Waals surface area contributed by atoms with Crippen LogP contribution >= 0.6 is 0 Å². The second-order valence-corrected chi connectivity index (χ2v) is 4.39. The van der Waals surface area contributed by atoms with Gasteiger partial charge in [0, 0.05) is 18.6 Å². The number of amides is 3. The molecular weight excluding hydrogens is 279 g/mol. The Balaban J connectivity index is 2.28. The number of benzene rings is 1. The van der Waals surface area contributed by atoms with Crippen molar-refractivity contribution in [1.82, 2.24) is 10.2 Å². The van der Waals surface area contributed by atoms with E-state index in [-0.39, 0.29) is 17.8 Å². The molecule has 0 radical (unpaired) electrons. The van der Waals surface area contributed by atoms with Crippen molar-refractivity contribution in [2.24, 2.45) is 0 Å². The Morgan fingerprint density at radius 3 is 2.43 bits per heavy atom. The van der Waals surface area contributed by atoms with E-state index in [0.29, 0.717) is 0 Å². The molecule has 1 aliphatic heterocycles. The monoisotopic (exact) mass is 290 g/mol. The first-order valence-corrected chi connectivity index (χ1v) is 6.02. The van der Waals surface area contributed by atoms with Crippen molar-refractivity contribution in [1.29, 1.82) is 0 Å². The highest BCUT2D eigenvalue weighted by Crippen LogP contribution is 2.10. The number of carbonyl (C=O) groups is 4. The van der Waals surface area contributed by atoms with Gasteiger partial charge in [-0.1, -0.05) is 0 Å². The second kappa shape index (κ2) is 5.66. The summed E-state index contributed by atoms with van der Waals surface area (Å²) in [5.74, 6) is -2.98. The number of hydrogen-bond donors (Lipinski definition) is 1. The number of allylic oxidation sites excluding steroid dienone is 1. The van der Waals surface area contributed by atoms with E-state index in [1.807, 2.05) is 0 Å². The summed E-state index contributed by atoms with van der Waals surface area (Å²) in [4.78, 5) is 47.3. The molecule has 0 bridgehead atoms. The number of ketones is 1. The minimum absolute atomic E-state index is 0.158. The molecule has 0 saturated carbocycles. The molecule has 2 rings (SSSR count). The number of nitrogens with one attached hydrogen (secondary N) is 1. The SMILES string of the molecule is CC(=O)N1CC(=O)NC(=CC(=O)c2ccc(F)cc2)C1=O. The van der Waals surface area contributed by atoms with Crippen LogP contribution < -0.4 is 5.32 Å². The standard InChI is InChI=1S/C14H11FN2O4/c1-8(18)17-7-13(20)16-11(14(17)21)6-12(19)9-2-4-10(15)5-3-9/h2-6H,7H2,1H3,(H,16,20). The number of imide groups is 1. The van der Waals surface area contributed by atoms with Crippen molar-refractivity contribution in [3.63, 3.8) is 0 Å². The van der Waals surface area contributed by atoms with Gasteiger partial charge in [0.05, 0.1) is 0 Å². The Bertz CT molecular complexity index is 664. The summed E-state index contributed by atoms with van der Waals surface area (Å²) in [6, 6.07) is 4.73. The zero-order valence-corrected chi connectivity index (χ0v) is 11.1. The van der Waals surface area contributed by atoms with Gasteiger partial charge in [-0.25, -0.2) is 4.39 Å². The maximum atomic E-state index is 12.8. The van der Waals surface area contributed by atoms with Gasteiger partial charge in [-0.2, -0.15) is 0 Å². The predicted octanol–water partition coefficient (Wildman–Crippen LogP) is 0.397.